The molecule has 2 aliphatic rings. The standard InChI is InChI=1S/C30H41NO4/c1-30(2,3)35-29(32)31-19-17-24(18-20-31)22-34-28-15-11-26(12-16-28)25-9-13-27(14-10-25)33-21-23-7-5-4-6-8-23/h4-10,13-14,24,26,28H,11-12,15-22H2,1-3H3/t26-,28-. The number of rotatable bonds is 7. The van der Waals surface area contributed by atoms with Crippen LogP contribution in [-0.4, -0.2) is 42.4 Å². The number of carbonyl (C=O) groups excluding carboxylic acids is 1. The van der Waals surface area contributed by atoms with Gasteiger partial charge in [-0.1, -0.05) is 42.5 Å². The van der Waals surface area contributed by atoms with Gasteiger partial charge in [0.1, 0.15) is 18.0 Å². The molecule has 190 valence electrons. The second-order valence-corrected chi connectivity index (χ2v) is 11.1. The first-order chi connectivity index (χ1) is 16.9. The van der Waals surface area contributed by atoms with E-state index in [9.17, 15) is 4.79 Å². The summed E-state index contributed by atoms with van der Waals surface area (Å²) in [5.41, 5.74) is 2.15. The van der Waals surface area contributed by atoms with Gasteiger partial charge in [-0.3, -0.25) is 0 Å². The average molecular weight is 480 g/mol. The topological polar surface area (TPSA) is 48.0 Å². The van der Waals surface area contributed by atoms with Gasteiger partial charge in [-0.15, -0.1) is 0 Å². The molecule has 1 heterocycles. The van der Waals surface area contributed by atoms with E-state index in [0.717, 1.165) is 51.1 Å². The van der Waals surface area contributed by atoms with Gasteiger partial charge in [0.2, 0.25) is 0 Å². The molecule has 0 radical (unpaired) electrons. The Morgan fingerprint density at radius 1 is 0.886 bits per heavy atom. The lowest BCUT2D eigenvalue weighted by molar-refractivity contribution is -0.0143. The van der Waals surface area contributed by atoms with Crippen molar-refractivity contribution in [3.05, 3.63) is 65.7 Å². The first kappa shape index (κ1) is 25.6. The summed E-state index contributed by atoms with van der Waals surface area (Å²) in [6, 6.07) is 18.9. The highest BCUT2D eigenvalue weighted by Gasteiger charge is 2.28. The molecular formula is C30H41NO4. The van der Waals surface area contributed by atoms with E-state index < -0.39 is 5.60 Å². The molecule has 0 bridgehead atoms. The SMILES string of the molecule is CC(C)(C)OC(=O)N1CCC(CO[C@H]2CC[C@H](c3ccc(OCc4ccccc4)cc3)CC2)CC1. The summed E-state index contributed by atoms with van der Waals surface area (Å²) >= 11 is 0. The van der Waals surface area contributed by atoms with E-state index in [0.29, 0.717) is 24.5 Å². The minimum Gasteiger partial charge on any atom is -0.489 e. The van der Waals surface area contributed by atoms with E-state index in [2.05, 4.69) is 36.4 Å². The molecule has 35 heavy (non-hydrogen) atoms. The fraction of sp³-hybridized carbons (Fsp3) is 0.567. The summed E-state index contributed by atoms with van der Waals surface area (Å²) in [6.45, 7) is 8.68. The highest BCUT2D eigenvalue weighted by Crippen LogP contribution is 2.35. The largest absolute Gasteiger partial charge is 0.489 e. The first-order valence-electron chi connectivity index (χ1n) is 13.2. The third kappa shape index (κ3) is 7.99. The van der Waals surface area contributed by atoms with Crippen LogP contribution in [0.2, 0.25) is 0 Å². The van der Waals surface area contributed by atoms with E-state index in [4.69, 9.17) is 14.2 Å². The smallest absolute Gasteiger partial charge is 0.410 e. The number of nitrogens with zero attached hydrogens (tertiary/aromatic N) is 1. The Bertz CT molecular complexity index is 906. The minimum absolute atomic E-state index is 0.189. The van der Waals surface area contributed by atoms with Gasteiger partial charge < -0.3 is 19.1 Å². The number of likely N-dealkylation sites (tertiary alicyclic amines) is 1. The molecule has 1 aliphatic heterocycles. The number of piperidine rings is 1. The van der Waals surface area contributed by atoms with Crippen molar-refractivity contribution in [2.45, 2.75) is 83.5 Å². The monoisotopic (exact) mass is 479 g/mol. The normalized spacial score (nSPS) is 21.5. The predicted molar refractivity (Wildman–Crippen MR) is 139 cm³/mol. The Balaban J connectivity index is 1.13. The Labute approximate surface area is 210 Å². The highest BCUT2D eigenvalue weighted by atomic mass is 16.6. The Hall–Kier alpha value is -2.53. The maximum atomic E-state index is 12.2. The van der Waals surface area contributed by atoms with Gasteiger partial charge in [0.05, 0.1) is 6.10 Å². The zero-order chi connectivity index (χ0) is 24.7. The van der Waals surface area contributed by atoms with Crippen molar-refractivity contribution >= 4 is 6.09 Å². The number of amides is 1. The zero-order valence-electron chi connectivity index (χ0n) is 21.6. The van der Waals surface area contributed by atoms with Crippen LogP contribution in [0, 0.1) is 5.92 Å². The molecule has 2 fully saturated rings. The van der Waals surface area contributed by atoms with Crippen LogP contribution in [0.25, 0.3) is 0 Å². The lowest BCUT2D eigenvalue weighted by Crippen LogP contribution is -2.42. The van der Waals surface area contributed by atoms with E-state index >= 15 is 0 Å². The summed E-state index contributed by atoms with van der Waals surface area (Å²) in [4.78, 5) is 14.1. The quantitative estimate of drug-likeness (QED) is 0.431. The maximum Gasteiger partial charge on any atom is 0.410 e. The molecule has 1 saturated heterocycles. The molecule has 0 unspecified atom stereocenters. The third-order valence-corrected chi connectivity index (χ3v) is 7.11. The molecule has 2 aromatic rings. The van der Waals surface area contributed by atoms with Crippen LogP contribution in [0.3, 0.4) is 0 Å². The third-order valence-electron chi connectivity index (χ3n) is 7.11. The van der Waals surface area contributed by atoms with Crippen molar-refractivity contribution in [3.8, 4) is 5.75 Å². The van der Waals surface area contributed by atoms with E-state index in [1.807, 2.05) is 43.9 Å². The predicted octanol–water partition coefficient (Wildman–Crippen LogP) is 6.96. The second kappa shape index (κ2) is 11.9. The lowest BCUT2D eigenvalue weighted by Gasteiger charge is -2.34. The fourth-order valence-corrected chi connectivity index (χ4v) is 5.02. The first-order valence-corrected chi connectivity index (χ1v) is 13.2. The van der Waals surface area contributed by atoms with Gasteiger partial charge in [0, 0.05) is 19.7 Å². The van der Waals surface area contributed by atoms with Crippen molar-refractivity contribution < 1.29 is 19.0 Å². The van der Waals surface area contributed by atoms with Crippen molar-refractivity contribution in [1.82, 2.24) is 4.90 Å². The summed E-state index contributed by atoms with van der Waals surface area (Å²) < 4.78 is 17.8. The summed E-state index contributed by atoms with van der Waals surface area (Å²) in [6.07, 6.45) is 6.74. The molecule has 0 atom stereocenters. The molecular weight excluding hydrogens is 438 g/mol. The number of carbonyl (C=O) groups is 1. The molecule has 0 aromatic heterocycles. The minimum atomic E-state index is -0.436. The number of hydrogen-bond acceptors (Lipinski definition) is 4. The van der Waals surface area contributed by atoms with Crippen LogP contribution in [-0.2, 0) is 16.1 Å². The van der Waals surface area contributed by atoms with Gasteiger partial charge in [0.25, 0.3) is 0 Å². The average Bonchev–Trinajstić information content (AvgIpc) is 2.87. The number of ether oxygens (including phenoxy) is 3. The maximum absolute atomic E-state index is 12.2. The Morgan fingerprint density at radius 3 is 2.17 bits per heavy atom. The summed E-state index contributed by atoms with van der Waals surface area (Å²) in [5, 5.41) is 0. The highest BCUT2D eigenvalue weighted by molar-refractivity contribution is 5.68. The molecule has 4 rings (SSSR count). The van der Waals surface area contributed by atoms with Crippen LogP contribution in [0.5, 0.6) is 5.75 Å². The van der Waals surface area contributed by atoms with Crippen molar-refractivity contribution in [2.24, 2.45) is 5.92 Å². The second-order valence-electron chi connectivity index (χ2n) is 11.1. The van der Waals surface area contributed by atoms with Crippen LogP contribution in [0.1, 0.15) is 76.3 Å². The van der Waals surface area contributed by atoms with Crippen molar-refractivity contribution in [1.29, 1.82) is 0 Å². The van der Waals surface area contributed by atoms with Crippen LogP contribution < -0.4 is 4.74 Å². The van der Waals surface area contributed by atoms with Gasteiger partial charge in [-0.05, 0) is 94.4 Å². The summed E-state index contributed by atoms with van der Waals surface area (Å²) in [5.74, 6) is 2.07. The number of hydrogen-bond donors (Lipinski definition) is 0. The van der Waals surface area contributed by atoms with Crippen LogP contribution >= 0.6 is 0 Å². The van der Waals surface area contributed by atoms with Crippen molar-refractivity contribution in [3.63, 3.8) is 0 Å². The Morgan fingerprint density at radius 2 is 1.54 bits per heavy atom. The van der Waals surface area contributed by atoms with Crippen LogP contribution in [0.4, 0.5) is 4.79 Å². The molecule has 0 N–H and O–H groups in total. The lowest BCUT2D eigenvalue weighted by atomic mass is 9.82. The molecule has 5 nitrogen and oxygen atoms in total. The number of benzene rings is 2. The van der Waals surface area contributed by atoms with Crippen LogP contribution in [0.15, 0.2) is 54.6 Å². The molecule has 2 aromatic carbocycles. The van der Waals surface area contributed by atoms with Gasteiger partial charge in [-0.25, -0.2) is 4.79 Å². The molecule has 1 saturated carbocycles. The van der Waals surface area contributed by atoms with Gasteiger partial charge in [-0.2, -0.15) is 0 Å². The molecule has 1 aliphatic carbocycles. The zero-order valence-corrected chi connectivity index (χ0v) is 21.6. The Kier molecular flexibility index (Phi) is 8.72. The molecule has 0 spiro atoms. The fourth-order valence-electron chi connectivity index (χ4n) is 5.02. The summed E-state index contributed by atoms with van der Waals surface area (Å²) in [7, 11) is 0. The molecule has 1 amide bonds. The molecule has 5 heteroatoms. The van der Waals surface area contributed by atoms with Crippen molar-refractivity contribution in [2.75, 3.05) is 19.7 Å². The van der Waals surface area contributed by atoms with Gasteiger partial charge in [0.15, 0.2) is 0 Å². The van der Waals surface area contributed by atoms with E-state index in [1.54, 1.807) is 0 Å². The van der Waals surface area contributed by atoms with E-state index in [1.165, 1.54) is 24.0 Å². The van der Waals surface area contributed by atoms with E-state index in [-0.39, 0.29) is 6.09 Å². The van der Waals surface area contributed by atoms with Gasteiger partial charge >= 0.3 is 6.09 Å².